The lowest BCUT2D eigenvalue weighted by atomic mass is 9.80. The van der Waals surface area contributed by atoms with Gasteiger partial charge in [-0.2, -0.15) is 0 Å². The summed E-state index contributed by atoms with van der Waals surface area (Å²) in [6.07, 6.45) is 0. The first-order valence-electron chi connectivity index (χ1n) is 5.97. The fourth-order valence-corrected chi connectivity index (χ4v) is 2.20. The number of aliphatic hydroxyl groups is 1. The Morgan fingerprint density at radius 3 is 2.32 bits per heavy atom. The van der Waals surface area contributed by atoms with E-state index < -0.39 is 17.2 Å². The van der Waals surface area contributed by atoms with Gasteiger partial charge < -0.3 is 19.3 Å². The Kier molecular flexibility index (Phi) is 2.97. The third-order valence-electron chi connectivity index (χ3n) is 3.36. The van der Waals surface area contributed by atoms with Crippen molar-refractivity contribution in [1.82, 2.24) is 0 Å². The second-order valence-electron chi connectivity index (χ2n) is 5.51. The average molecular weight is 266 g/mol. The van der Waals surface area contributed by atoms with E-state index in [4.69, 9.17) is 14.2 Å². The number of fused-ring (bicyclic) bond motifs is 1. The average Bonchev–Trinajstić information content (AvgIpc) is 2.61. The van der Waals surface area contributed by atoms with E-state index in [1.54, 1.807) is 32.9 Å². The van der Waals surface area contributed by atoms with Crippen molar-refractivity contribution in [3.05, 3.63) is 23.3 Å². The maximum absolute atomic E-state index is 11.9. The van der Waals surface area contributed by atoms with Crippen molar-refractivity contribution in [2.45, 2.75) is 26.6 Å². The molecule has 0 radical (unpaired) electrons. The molecule has 0 spiro atoms. The van der Waals surface area contributed by atoms with Crippen LogP contribution >= 0.6 is 0 Å². The number of hydrogen-bond donors (Lipinski definition) is 1. The third kappa shape index (κ3) is 1.76. The molecule has 0 aliphatic carbocycles. The van der Waals surface area contributed by atoms with Gasteiger partial charge in [-0.05, 0) is 12.1 Å². The predicted octanol–water partition coefficient (Wildman–Crippen LogP) is 2.07. The maximum atomic E-state index is 11.9. The van der Waals surface area contributed by atoms with Crippen molar-refractivity contribution in [3.8, 4) is 11.5 Å². The van der Waals surface area contributed by atoms with Crippen LogP contribution in [0.1, 0.15) is 36.7 Å². The second kappa shape index (κ2) is 4.13. The van der Waals surface area contributed by atoms with Crippen molar-refractivity contribution in [1.29, 1.82) is 0 Å². The number of rotatable bonds is 2. The monoisotopic (exact) mass is 266 g/mol. The van der Waals surface area contributed by atoms with Crippen LogP contribution in [0.25, 0.3) is 0 Å². The zero-order valence-electron chi connectivity index (χ0n) is 11.7. The van der Waals surface area contributed by atoms with Gasteiger partial charge in [0.15, 0.2) is 11.5 Å². The van der Waals surface area contributed by atoms with E-state index in [1.807, 2.05) is 0 Å². The van der Waals surface area contributed by atoms with Gasteiger partial charge in [0.2, 0.25) is 5.79 Å². The van der Waals surface area contributed by atoms with Gasteiger partial charge in [-0.1, -0.05) is 20.8 Å². The molecule has 5 heteroatoms. The first kappa shape index (κ1) is 13.7. The lowest BCUT2D eigenvalue weighted by Gasteiger charge is -2.36. The number of esters is 1. The Labute approximate surface area is 112 Å². The minimum absolute atomic E-state index is 0.301. The largest absolute Gasteiger partial charge is 0.493 e. The molecule has 1 N–H and O–H groups in total. The molecule has 104 valence electrons. The highest BCUT2D eigenvalue weighted by atomic mass is 16.7. The lowest BCUT2D eigenvalue weighted by molar-refractivity contribution is -0.228. The van der Waals surface area contributed by atoms with Gasteiger partial charge in [-0.3, -0.25) is 0 Å². The van der Waals surface area contributed by atoms with Gasteiger partial charge in [0.05, 0.1) is 25.3 Å². The molecule has 1 aliphatic heterocycles. The summed E-state index contributed by atoms with van der Waals surface area (Å²) in [5.74, 6) is -1.53. The van der Waals surface area contributed by atoms with Crippen molar-refractivity contribution in [2.75, 3.05) is 14.2 Å². The van der Waals surface area contributed by atoms with Crippen molar-refractivity contribution >= 4 is 5.97 Å². The van der Waals surface area contributed by atoms with Gasteiger partial charge in [0, 0.05) is 5.41 Å². The van der Waals surface area contributed by atoms with Crippen LogP contribution in [0, 0.1) is 5.41 Å². The number of carbonyl (C=O) groups is 1. The molecule has 1 aromatic rings. The molecule has 1 aliphatic rings. The summed E-state index contributed by atoms with van der Waals surface area (Å²) >= 11 is 0. The van der Waals surface area contributed by atoms with E-state index in [0.717, 1.165) is 0 Å². The van der Waals surface area contributed by atoms with Crippen LogP contribution in [-0.4, -0.2) is 25.3 Å². The molecule has 0 bridgehead atoms. The molecule has 1 heterocycles. The van der Waals surface area contributed by atoms with E-state index in [-0.39, 0.29) is 0 Å². The summed E-state index contributed by atoms with van der Waals surface area (Å²) < 4.78 is 15.7. The molecule has 1 atom stereocenters. The van der Waals surface area contributed by atoms with Gasteiger partial charge in [-0.15, -0.1) is 0 Å². The highest BCUT2D eigenvalue weighted by molar-refractivity contribution is 5.96. The first-order chi connectivity index (χ1) is 8.76. The second-order valence-corrected chi connectivity index (χ2v) is 5.51. The number of ether oxygens (including phenoxy) is 3. The van der Waals surface area contributed by atoms with Crippen molar-refractivity contribution in [3.63, 3.8) is 0 Å². The van der Waals surface area contributed by atoms with E-state index in [9.17, 15) is 9.90 Å². The first-order valence-corrected chi connectivity index (χ1v) is 5.97. The fourth-order valence-electron chi connectivity index (χ4n) is 2.20. The standard InChI is InChI=1S/C14H18O5/c1-13(2,3)14(16)10-8(12(15)19-14)6-7-9(17-4)11(10)18-5/h6-7,16H,1-5H3. The van der Waals surface area contributed by atoms with Crippen molar-refractivity contribution < 1.29 is 24.1 Å². The van der Waals surface area contributed by atoms with E-state index >= 15 is 0 Å². The lowest BCUT2D eigenvalue weighted by Crippen LogP contribution is -2.40. The summed E-state index contributed by atoms with van der Waals surface area (Å²) in [6.45, 7) is 5.36. The maximum Gasteiger partial charge on any atom is 0.341 e. The van der Waals surface area contributed by atoms with Crippen LogP contribution in [-0.2, 0) is 10.5 Å². The molecule has 0 saturated carbocycles. The van der Waals surface area contributed by atoms with Crippen LogP contribution in [0.3, 0.4) is 0 Å². The van der Waals surface area contributed by atoms with Crippen LogP contribution in [0.2, 0.25) is 0 Å². The Bertz CT molecular complexity index is 529. The summed E-state index contributed by atoms with van der Waals surface area (Å²) in [5, 5.41) is 10.8. The Morgan fingerprint density at radius 1 is 1.21 bits per heavy atom. The highest BCUT2D eigenvalue weighted by Gasteiger charge is 2.55. The quantitative estimate of drug-likeness (QED) is 0.830. The van der Waals surface area contributed by atoms with Crippen molar-refractivity contribution in [2.24, 2.45) is 5.41 Å². The molecule has 1 aromatic carbocycles. The molecular formula is C14H18O5. The molecule has 0 fully saturated rings. The van der Waals surface area contributed by atoms with Crippen LogP contribution in [0.5, 0.6) is 11.5 Å². The summed E-state index contributed by atoms with van der Waals surface area (Å²) in [4.78, 5) is 11.9. The zero-order valence-corrected chi connectivity index (χ0v) is 11.7. The number of methoxy groups -OCH3 is 2. The molecule has 5 nitrogen and oxygen atoms in total. The molecule has 1 unspecified atom stereocenters. The Hall–Kier alpha value is -1.75. The highest BCUT2D eigenvalue weighted by Crippen LogP contribution is 2.52. The van der Waals surface area contributed by atoms with Crippen LogP contribution in [0.4, 0.5) is 0 Å². The zero-order chi connectivity index (χ0) is 14.4. The molecular weight excluding hydrogens is 248 g/mol. The van der Waals surface area contributed by atoms with Gasteiger partial charge in [0.1, 0.15) is 0 Å². The van der Waals surface area contributed by atoms with Gasteiger partial charge >= 0.3 is 5.97 Å². The minimum Gasteiger partial charge on any atom is -0.493 e. The molecule has 2 rings (SSSR count). The van der Waals surface area contributed by atoms with Crippen LogP contribution < -0.4 is 9.47 Å². The number of hydrogen-bond acceptors (Lipinski definition) is 5. The molecule has 0 amide bonds. The SMILES string of the molecule is COc1ccc2c(c1OC)C(O)(C(C)(C)C)OC2=O. The normalized spacial score (nSPS) is 21.9. The molecule has 0 saturated heterocycles. The number of carbonyl (C=O) groups excluding carboxylic acids is 1. The summed E-state index contributed by atoms with van der Waals surface area (Å²) in [7, 11) is 2.96. The van der Waals surface area contributed by atoms with E-state index in [0.29, 0.717) is 22.6 Å². The minimum atomic E-state index is -1.74. The third-order valence-corrected chi connectivity index (χ3v) is 3.36. The predicted molar refractivity (Wildman–Crippen MR) is 68.3 cm³/mol. The number of cyclic esters (lactones) is 1. The fraction of sp³-hybridized carbons (Fsp3) is 0.500. The molecule has 0 aromatic heterocycles. The van der Waals surface area contributed by atoms with E-state index in [1.165, 1.54) is 14.2 Å². The Morgan fingerprint density at radius 2 is 1.84 bits per heavy atom. The topological polar surface area (TPSA) is 65.0 Å². The molecule has 19 heavy (non-hydrogen) atoms. The smallest absolute Gasteiger partial charge is 0.341 e. The summed E-state index contributed by atoms with van der Waals surface area (Å²) in [5.41, 5.74) is -0.0741. The van der Waals surface area contributed by atoms with Crippen LogP contribution in [0.15, 0.2) is 12.1 Å². The van der Waals surface area contributed by atoms with Gasteiger partial charge in [0.25, 0.3) is 0 Å². The van der Waals surface area contributed by atoms with E-state index in [2.05, 4.69) is 0 Å². The van der Waals surface area contributed by atoms with Gasteiger partial charge in [-0.25, -0.2) is 4.79 Å². The number of benzene rings is 1. The Balaban J connectivity index is 2.78. The summed E-state index contributed by atoms with van der Waals surface area (Å²) in [6, 6.07) is 3.19.